The molecule has 0 heterocycles. The first-order valence-corrected chi connectivity index (χ1v) is 13.6. The van der Waals surface area contributed by atoms with Crippen molar-refractivity contribution in [2.45, 2.75) is 63.7 Å². The fraction of sp³-hybridized carbons (Fsp3) is 0.394. The SMILES string of the molecule is CC(C)(C)c1ccc(Oc2ccc(C3(c4ccc(C(=O)NCCC(=O)O)cc4)CC4CCC3C4)cc2)cc1. The molecule has 2 bridgehead atoms. The minimum absolute atomic E-state index is 0.0614. The zero-order valence-electron chi connectivity index (χ0n) is 22.5. The zero-order valence-corrected chi connectivity index (χ0v) is 22.5. The molecular weight excluding hydrogens is 474 g/mol. The van der Waals surface area contributed by atoms with Gasteiger partial charge in [0.15, 0.2) is 0 Å². The third-order valence-corrected chi connectivity index (χ3v) is 8.46. The van der Waals surface area contributed by atoms with Crippen LogP contribution >= 0.6 is 0 Å². The molecule has 0 aromatic heterocycles. The van der Waals surface area contributed by atoms with E-state index >= 15 is 0 Å². The Hall–Kier alpha value is -3.60. The fourth-order valence-corrected chi connectivity index (χ4v) is 6.49. The van der Waals surface area contributed by atoms with Gasteiger partial charge in [0.05, 0.1) is 6.42 Å². The molecule has 38 heavy (non-hydrogen) atoms. The van der Waals surface area contributed by atoms with Crippen LogP contribution in [0.1, 0.15) is 79.9 Å². The Kier molecular flexibility index (Phi) is 7.04. The third-order valence-electron chi connectivity index (χ3n) is 8.46. The summed E-state index contributed by atoms with van der Waals surface area (Å²) >= 11 is 0. The molecule has 5 rings (SSSR count). The van der Waals surface area contributed by atoms with Gasteiger partial charge in [-0.15, -0.1) is 0 Å². The summed E-state index contributed by atoms with van der Waals surface area (Å²) in [6.45, 7) is 6.74. The fourth-order valence-electron chi connectivity index (χ4n) is 6.49. The molecule has 3 unspecified atom stereocenters. The molecule has 0 aliphatic heterocycles. The number of rotatable bonds is 8. The predicted octanol–water partition coefficient (Wildman–Crippen LogP) is 7.09. The molecule has 3 atom stereocenters. The minimum Gasteiger partial charge on any atom is -0.481 e. The average Bonchev–Trinajstić information content (AvgIpc) is 3.51. The second-order valence-corrected chi connectivity index (χ2v) is 11.9. The molecule has 2 aliphatic rings. The molecule has 2 N–H and O–H groups in total. The number of amides is 1. The maximum absolute atomic E-state index is 12.5. The van der Waals surface area contributed by atoms with Crippen LogP contribution in [-0.2, 0) is 15.6 Å². The number of benzene rings is 3. The molecule has 0 spiro atoms. The van der Waals surface area contributed by atoms with Crippen molar-refractivity contribution in [1.82, 2.24) is 5.32 Å². The van der Waals surface area contributed by atoms with Crippen molar-refractivity contribution in [2.75, 3.05) is 6.54 Å². The summed E-state index contributed by atoms with van der Waals surface area (Å²) in [5, 5.41) is 11.5. The predicted molar refractivity (Wildman–Crippen MR) is 149 cm³/mol. The van der Waals surface area contributed by atoms with E-state index in [1.165, 1.54) is 36.0 Å². The largest absolute Gasteiger partial charge is 0.481 e. The molecule has 5 nitrogen and oxygen atoms in total. The summed E-state index contributed by atoms with van der Waals surface area (Å²) in [6.07, 6.45) is 4.80. The normalized spacial score (nSPS) is 22.3. The quantitative estimate of drug-likeness (QED) is 0.339. The Labute approximate surface area is 225 Å². The number of hydrogen-bond donors (Lipinski definition) is 2. The number of aliphatic carboxylic acids is 1. The summed E-state index contributed by atoms with van der Waals surface area (Å²) in [4.78, 5) is 23.2. The summed E-state index contributed by atoms with van der Waals surface area (Å²) < 4.78 is 6.17. The third kappa shape index (κ3) is 5.20. The molecule has 3 aromatic rings. The van der Waals surface area contributed by atoms with Gasteiger partial charge in [0.2, 0.25) is 0 Å². The number of carbonyl (C=O) groups excluding carboxylic acids is 1. The van der Waals surface area contributed by atoms with Gasteiger partial charge in [0.25, 0.3) is 5.91 Å². The number of carbonyl (C=O) groups is 2. The first kappa shape index (κ1) is 26.0. The maximum Gasteiger partial charge on any atom is 0.305 e. The van der Waals surface area contributed by atoms with Crippen molar-refractivity contribution >= 4 is 11.9 Å². The minimum atomic E-state index is -0.922. The number of carboxylic acid groups (broad SMARTS) is 1. The molecule has 198 valence electrons. The van der Waals surface area contributed by atoms with Crippen LogP contribution in [0.4, 0.5) is 0 Å². The van der Waals surface area contributed by atoms with E-state index in [-0.39, 0.29) is 29.7 Å². The van der Waals surface area contributed by atoms with Gasteiger partial charge in [-0.3, -0.25) is 9.59 Å². The number of hydrogen-bond acceptors (Lipinski definition) is 3. The topological polar surface area (TPSA) is 75.6 Å². The Morgan fingerprint density at radius 1 is 0.895 bits per heavy atom. The van der Waals surface area contributed by atoms with E-state index in [4.69, 9.17) is 9.84 Å². The van der Waals surface area contributed by atoms with Gasteiger partial charge in [-0.2, -0.15) is 0 Å². The summed E-state index contributed by atoms with van der Waals surface area (Å²) in [5.41, 5.74) is 4.43. The molecule has 2 saturated carbocycles. The summed E-state index contributed by atoms with van der Waals surface area (Å²) in [7, 11) is 0. The summed E-state index contributed by atoms with van der Waals surface area (Å²) in [5.74, 6) is 1.81. The second-order valence-electron chi connectivity index (χ2n) is 11.9. The highest BCUT2D eigenvalue weighted by atomic mass is 16.5. The van der Waals surface area contributed by atoms with Crippen molar-refractivity contribution < 1.29 is 19.4 Å². The van der Waals surface area contributed by atoms with E-state index in [0.29, 0.717) is 11.5 Å². The van der Waals surface area contributed by atoms with Crippen LogP contribution in [0.5, 0.6) is 11.5 Å². The lowest BCUT2D eigenvalue weighted by atomic mass is 9.64. The van der Waals surface area contributed by atoms with E-state index in [0.717, 1.165) is 23.8 Å². The molecule has 1 amide bonds. The monoisotopic (exact) mass is 511 g/mol. The summed E-state index contributed by atoms with van der Waals surface area (Å²) in [6, 6.07) is 24.8. The van der Waals surface area contributed by atoms with E-state index < -0.39 is 5.97 Å². The highest BCUT2D eigenvalue weighted by Crippen LogP contribution is 2.60. The van der Waals surface area contributed by atoms with Gasteiger partial charge in [0.1, 0.15) is 11.5 Å². The van der Waals surface area contributed by atoms with Crippen molar-refractivity contribution in [3.05, 3.63) is 95.1 Å². The lowest BCUT2D eigenvalue weighted by Gasteiger charge is -2.39. The number of fused-ring (bicyclic) bond motifs is 2. The van der Waals surface area contributed by atoms with Crippen molar-refractivity contribution in [2.24, 2.45) is 11.8 Å². The Morgan fingerprint density at radius 2 is 1.47 bits per heavy atom. The molecule has 2 aliphatic carbocycles. The Morgan fingerprint density at radius 3 is 1.97 bits per heavy atom. The van der Waals surface area contributed by atoms with Gasteiger partial charge in [-0.25, -0.2) is 0 Å². The van der Waals surface area contributed by atoms with Crippen LogP contribution < -0.4 is 10.1 Å². The number of ether oxygens (including phenoxy) is 1. The highest BCUT2D eigenvalue weighted by Gasteiger charge is 2.52. The molecule has 0 radical (unpaired) electrons. The molecule has 5 heteroatoms. The van der Waals surface area contributed by atoms with Gasteiger partial charge >= 0.3 is 5.97 Å². The van der Waals surface area contributed by atoms with Crippen LogP contribution in [0.3, 0.4) is 0 Å². The van der Waals surface area contributed by atoms with Gasteiger partial charge in [0, 0.05) is 17.5 Å². The number of carboxylic acids is 1. The van der Waals surface area contributed by atoms with Crippen LogP contribution in [0.25, 0.3) is 0 Å². The highest BCUT2D eigenvalue weighted by molar-refractivity contribution is 5.94. The maximum atomic E-state index is 12.5. The standard InChI is InChI=1S/C33H37NO4/c1-32(2,3)24-10-14-28(15-11-24)38-29-16-12-26(13-17-29)33(21-22-4-7-27(33)20-22)25-8-5-23(6-9-25)31(37)34-19-18-30(35)36/h5-6,8-17,22,27H,4,7,18-21H2,1-3H3,(H,34,37)(H,35,36). The van der Waals surface area contributed by atoms with Crippen molar-refractivity contribution in [3.8, 4) is 11.5 Å². The van der Waals surface area contributed by atoms with E-state index in [1.807, 2.05) is 24.3 Å². The van der Waals surface area contributed by atoms with Gasteiger partial charge in [-0.05, 0) is 89.6 Å². The second kappa shape index (κ2) is 10.3. The number of nitrogens with one attached hydrogen (secondary N) is 1. The smallest absolute Gasteiger partial charge is 0.305 e. The van der Waals surface area contributed by atoms with Crippen LogP contribution in [0.2, 0.25) is 0 Å². The van der Waals surface area contributed by atoms with Crippen LogP contribution in [0.15, 0.2) is 72.8 Å². The zero-order chi connectivity index (χ0) is 26.9. The van der Waals surface area contributed by atoms with E-state index in [9.17, 15) is 9.59 Å². The van der Waals surface area contributed by atoms with Crippen molar-refractivity contribution in [3.63, 3.8) is 0 Å². The molecule has 2 fully saturated rings. The molecular formula is C33H37NO4. The Bertz CT molecular complexity index is 1290. The van der Waals surface area contributed by atoms with E-state index in [1.54, 1.807) is 0 Å². The van der Waals surface area contributed by atoms with Crippen molar-refractivity contribution in [1.29, 1.82) is 0 Å². The Balaban J connectivity index is 1.35. The first-order valence-electron chi connectivity index (χ1n) is 13.6. The van der Waals surface area contributed by atoms with Gasteiger partial charge in [-0.1, -0.05) is 63.6 Å². The van der Waals surface area contributed by atoms with Crippen LogP contribution in [0, 0.1) is 11.8 Å². The van der Waals surface area contributed by atoms with Crippen LogP contribution in [-0.4, -0.2) is 23.5 Å². The molecule has 3 aromatic carbocycles. The molecule has 0 saturated heterocycles. The lowest BCUT2D eigenvalue weighted by molar-refractivity contribution is -0.136. The average molecular weight is 512 g/mol. The van der Waals surface area contributed by atoms with E-state index in [2.05, 4.69) is 74.6 Å². The first-order chi connectivity index (χ1) is 18.1. The lowest BCUT2D eigenvalue weighted by Crippen LogP contribution is -2.34. The van der Waals surface area contributed by atoms with Gasteiger partial charge < -0.3 is 15.2 Å².